The van der Waals surface area contributed by atoms with Crippen molar-refractivity contribution in [2.45, 2.75) is 66.2 Å². The Balaban J connectivity index is 1.40. The van der Waals surface area contributed by atoms with E-state index in [0.29, 0.717) is 22.6 Å². The standard InChI is InChI=1S/C52H49N3O/c1-33-26-34(2)49(56)43(27-33)50-54-48-42(20-15-21-47(48)55(50)46-23-22-37(31-44(46)52(6,7)8)35-16-11-9-12-17-35)39-28-40(30-41(29-39)51(3,4)5)45-32-38(24-25-53-45)36-18-13-10-14-19-36/h9-32,56H,1-8H3/i10D,13D,14D,18D,19D. The summed E-state index contributed by atoms with van der Waals surface area (Å²) in [6.07, 6.45) is 1.62. The Bertz CT molecular complexity index is 3000. The average Bonchev–Trinajstić information content (AvgIpc) is 3.62. The molecule has 2 heterocycles. The van der Waals surface area contributed by atoms with Crippen LogP contribution in [0.25, 0.3) is 72.7 Å². The van der Waals surface area contributed by atoms with Gasteiger partial charge in [0, 0.05) is 17.3 Å². The van der Waals surface area contributed by atoms with Crippen molar-refractivity contribution in [1.82, 2.24) is 14.5 Å². The zero-order valence-electron chi connectivity index (χ0n) is 38.3. The minimum absolute atomic E-state index is 0.130. The molecule has 278 valence electrons. The summed E-state index contributed by atoms with van der Waals surface area (Å²) in [5.41, 5.74) is 12.8. The third-order valence-corrected chi connectivity index (χ3v) is 10.5. The zero-order valence-corrected chi connectivity index (χ0v) is 33.3. The molecule has 8 rings (SSSR count). The summed E-state index contributed by atoms with van der Waals surface area (Å²) in [6, 6.07) is 35.3. The minimum atomic E-state index is -0.429. The van der Waals surface area contributed by atoms with E-state index < -0.39 is 6.04 Å². The van der Waals surface area contributed by atoms with E-state index in [9.17, 15) is 5.11 Å². The predicted octanol–water partition coefficient (Wildman–Crippen LogP) is 13.7. The lowest BCUT2D eigenvalue weighted by Crippen LogP contribution is -2.16. The summed E-state index contributed by atoms with van der Waals surface area (Å²) in [5, 5.41) is 11.7. The molecule has 0 saturated carbocycles. The molecule has 0 saturated heterocycles. The van der Waals surface area contributed by atoms with E-state index in [1.807, 2.05) is 32.0 Å². The summed E-state index contributed by atoms with van der Waals surface area (Å²) >= 11 is 0. The van der Waals surface area contributed by atoms with Crippen LogP contribution in [0.1, 0.15) is 70.7 Å². The second kappa shape index (κ2) is 14.1. The van der Waals surface area contributed by atoms with Gasteiger partial charge in [-0.3, -0.25) is 9.55 Å². The molecule has 0 fully saturated rings. The second-order valence-corrected chi connectivity index (χ2v) is 16.7. The smallest absolute Gasteiger partial charge is 0.149 e. The van der Waals surface area contributed by atoms with Crippen molar-refractivity contribution < 1.29 is 12.0 Å². The molecule has 56 heavy (non-hydrogen) atoms. The van der Waals surface area contributed by atoms with Crippen LogP contribution in [0, 0.1) is 13.8 Å². The van der Waals surface area contributed by atoms with Crippen LogP contribution in [0.15, 0.2) is 146 Å². The molecule has 0 radical (unpaired) electrons. The highest BCUT2D eigenvalue weighted by atomic mass is 16.3. The van der Waals surface area contributed by atoms with Crippen LogP contribution in [-0.2, 0) is 10.8 Å². The number of hydrogen-bond donors (Lipinski definition) is 1. The van der Waals surface area contributed by atoms with Gasteiger partial charge in [0.15, 0.2) is 0 Å². The van der Waals surface area contributed by atoms with Crippen molar-refractivity contribution >= 4 is 11.0 Å². The Morgan fingerprint density at radius 3 is 2.07 bits per heavy atom. The molecule has 4 heteroatoms. The number of aromatic hydroxyl groups is 1. The molecule has 6 aromatic carbocycles. The quantitative estimate of drug-likeness (QED) is 0.185. The molecule has 8 aromatic rings. The van der Waals surface area contributed by atoms with E-state index in [-0.39, 0.29) is 46.3 Å². The number of hydrogen-bond acceptors (Lipinski definition) is 3. The van der Waals surface area contributed by atoms with Gasteiger partial charge in [0.1, 0.15) is 11.6 Å². The predicted molar refractivity (Wildman–Crippen MR) is 235 cm³/mol. The number of rotatable bonds is 6. The lowest BCUT2D eigenvalue weighted by molar-refractivity contribution is 0.472. The van der Waals surface area contributed by atoms with Crippen molar-refractivity contribution in [3.8, 4) is 67.5 Å². The summed E-state index contributed by atoms with van der Waals surface area (Å²) in [4.78, 5) is 10.2. The number of pyridine rings is 1. The van der Waals surface area contributed by atoms with E-state index >= 15 is 0 Å². The zero-order chi connectivity index (χ0) is 43.7. The highest BCUT2D eigenvalue weighted by molar-refractivity contribution is 5.97. The average molecular weight is 737 g/mol. The van der Waals surface area contributed by atoms with E-state index in [4.69, 9.17) is 16.8 Å². The SMILES string of the molecule is [2H]c1c([2H])c([2H])c(-c2ccnc(-c3cc(-c4cccc5c4nc(-c4cc(C)cc(C)c4O)n5-c4ccc(-c5ccccc5)cc4C(C)(C)C)cc(C(C)(C)C)c3)c2)c([2H])c1[2H]. The fourth-order valence-electron chi connectivity index (χ4n) is 7.53. The molecule has 0 aliphatic rings. The first kappa shape index (κ1) is 31.0. The van der Waals surface area contributed by atoms with Crippen LogP contribution < -0.4 is 0 Å². The van der Waals surface area contributed by atoms with Crippen molar-refractivity contribution in [2.75, 3.05) is 0 Å². The fraction of sp³-hybridized carbons (Fsp3) is 0.192. The number of nitrogens with zero attached hydrogens (tertiary/aromatic N) is 3. The number of imidazole rings is 1. The number of phenols is 1. The lowest BCUT2D eigenvalue weighted by atomic mass is 9.83. The Morgan fingerprint density at radius 1 is 0.607 bits per heavy atom. The Kier molecular flexibility index (Phi) is 7.81. The minimum Gasteiger partial charge on any atom is -0.507 e. The third kappa shape index (κ3) is 6.92. The van der Waals surface area contributed by atoms with E-state index in [0.717, 1.165) is 66.8 Å². The monoisotopic (exact) mass is 736 g/mol. The molecular formula is C52H49N3O. The molecule has 0 aliphatic heterocycles. The Hall–Kier alpha value is -6.26. The number of benzene rings is 6. The molecule has 2 aromatic heterocycles. The van der Waals surface area contributed by atoms with Gasteiger partial charge < -0.3 is 5.11 Å². The first-order valence-electron chi connectivity index (χ1n) is 21.6. The highest BCUT2D eigenvalue weighted by Gasteiger charge is 2.27. The number of fused-ring (bicyclic) bond motifs is 1. The van der Waals surface area contributed by atoms with Crippen molar-refractivity contribution in [1.29, 1.82) is 0 Å². The van der Waals surface area contributed by atoms with Crippen LogP contribution in [-0.4, -0.2) is 19.6 Å². The fourth-order valence-corrected chi connectivity index (χ4v) is 7.53. The summed E-state index contributed by atoms with van der Waals surface area (Å²) in [7, 11) is 0. The van der Waals surface area contributed by atoms with Gasteiger partial charge >= 0.3 is 0 Å². The molecular weight excluding hydrogens is 683 g/mol. The third-order valence-electron chi connectivity index (χ3n) is 10.5. The van der Waals surface area contributed by atoms with Gasteiger partial charge in [-0.1, -0.05) is 132 Å². The van der Waals surface area contributed by atoms with Gasteiger partial charge in [0.05, 0.1) is 34.8 Å². The first-order valence-corrected chi connectivity index (χ1v) is 19.1. The number of aromatic nitrogens is 3. The van der Waals surface area contributed by atoms with E-state index in [2.05, 4.69) is 125 Å². The molecule has 0 amide bonds. The first-order chi connectivity index (χ1) is 28.8. The maximum absolute atomic E-state index is 11.7. The topological polar surface area (TPSA) is 50.9 Å². The van der Waals surface area contributed by atoms with Crippen LogP contribution in [0.5, 0.6) is 5.75 Å². The van der Waals surface area contributed by atoms with Gasteiger partial charge in [0.2, 0.25) is 0 Å². The molecule has 0 bridgehead atoms. The van der Waals surface area contributed by atoms with Crippen molar-refractivity contribution in [3.63, 3.8) is 0 Å². The number of phenolic OH excluding ortho intramolecular Hbond substituents is 1. The van der Waals surface area contributed by atoms with Crippen molar-refractivity contribution in [2.24, 2.45) is 0 Å². The number of aryl methyl sites for hydroxylation is 2. The van der Waals surface area contributed by atoms with Crippen molar-refractivity contribution in [3.05, 3.63) is 168 Å². The Labute approximate surface area is 338 Å². The van der Waals surface area contributed by atoms with Crippen LogP contribution in [0.2, 0.25) is 0 Å². The van der Waals surface area contributed by atoms with Gasteiger partial charge in [-0.2, -0.15) is 0 Å². The highest BCUT2D eigenvalue weighted by Crippen LogP contribution is 2.43. The van der Waals surface area contributed by atoms with E-state index in [1.54, 1.807) is 18.3 Å². The Morgan fingerprint density at radius 2 is 1.34 bits per heavy atom. The second-order valence-electron chi connectivity index (χ2n) is 16.7. The van der Waals surface area contributed by atoms with Crippen LogP contribution in [0.3, 0.4) is 0 Å². The summed E-state index contributed by atoms with van der Waals surface area (Å²) in [5.74, 6) is 0.814. The molecule has 4 nitrogen and oxygen atoms in total. The van der Waals surface area contributed by atoms with Gasteiger partial charge in [-0.25, -0.2) is 4.98 Å². The normalized spacial score (nSPS) is 13.2. The maximum Gasteiger partial charge on any atom is 0.149 e. The molecule has 0 aliphatic carbocycles. The van der Waals surface area contributed by atoms with Gasteiger partial charge in [-0.15, -0.1) is 0 Å². The van der Waals surface area contributed by atoms with E-state index in [1.165, 1.54) is 0 Å². The molecule has 0 unspecified atom stereocenters. The van der Waals surface area contributed by atoms with Crippen LogP contribution >= 0.6 is 0 Å². The molecule has 0 spiro atoms. The number of para-hydroxylation sites is 1. The maximum atomic E-state index is 11.7. The van der Waals surface area contributed by atoms with Gasteiger partial charge in [0.25, 0.3) is 0 Å². The summed E-state index contributed by atoms with van der Waals surface area (Å²) in [6.45, 7) is 17.1. The van der Waals surface area contributed by atoms with Gasteiger partial charge in [-0.05, 0) is 123 Å². The molecule has 1 N–H and O–H groups in total. The molecule has 0 atom stereocenters. The lowest BCUT2D eigenvalue weighted by Gasteiger charge is -2.26. The largest absolute Gasteiger partial charge is 0.507 e. The summed E-state index contributed by atoms with van der Waals surface area (Å²) < 4.78 is 44.2. The van der Waals surface area contributed by atoms with Crippen LogP contribution in [0.4, 0.5) is 0 Å².